The molecule has 1 aliphatic heterocycles. The van der Waals surface area contributed by atoms with Gasteiger partial charge < -0.3 is 9.32 Å². The smallest absolute Gasteiger partial charge is 0.276 e. The van der Waals surface area contributed by atoms with Crippen LogP contribution < -0.4 is 0 Å². The monoisotopic (exact) mass is 324 g/mol. The summed E-state index contributed by atoms with van der Waals surface area (Å²) in [6.07, 6.45) is 0. The molecule has 2 aromatic heterocycles. The number of sulfonamides is 1. The van der Waals surface area contributed by atoms with Gasteiger partial charge in [0.05, 0.1) is 0 Å². The fourth-order valence-corrected chi connectivity index (χ4v) is 3.80. The van der Waals surface area contributed by atoms with E-state index in [9.17, 15) is 8.42 Å². The quantitative estimate of drug-likeness (QED) is 0.918. The van der Waals surface area contributed by atoms with Crippen molar-refractivity contribution in [1.82, 2.24) is 19.4 Å². The van der Waals surface area contributed by atoms with Crippen LogP contribution >= 0.6 is 0 Å². The van der Waals surface area contributed by atoms with Crippen molar-refractivity contribution in [1.29, 1.82) is 0 Å². The molecule has 3 rings (SSSR count). The number of rotatable bonds is 3. The van der Waals surface area contributed by atoms with Crippen molar-refractivity contribution in [2.75, 3.05) is 33.2 Å². The number of aromatic amines is 1. The summed E-state index contributed by atoms with van der Waals surface area (Å²) in [7, 11) is -1.59. The Bertz CT molecular complexity index is 770. The van der Waals surface area contributed by atoms with Crippen LogP contribution in [0.3, 0.4) is 0 Å². The van der Waals surface area contributed by atoms with E-state index in [0.717, 1.165) is 24.3 Å². The van der Waals surface area contributed by atoms with Crippen LogP contribution in [0.15, 0.2) is 21.6 Å². The normalized spacial score (nSPS) is 18.0. The van der Waals surface area contributed by atoms with Crippen molar-refractivity contribution in [3.8, 4) is 11.5 Å². The molecule has 22 heavy (non-hydrogen) atoms. The molecule has 120 valence electrons. The van der Waals surface area contributed by atoms with Gasteiger partial charge in [-0.3, -0.25) is 5.10 Å². The maximum absolute atomic E-state index is 12.6. The van der Waals surface area contributed by atoms with Gasteiger partial charge in [0.2, 0.25) is 5.09 Å². The number of hydrogen-bond acceptors (Lipinski definition) is 5. The number of furan rings is 1. The predicted molar refractivity (Wildman–Crippen MR) is 82.0 cm³/mol. The van der Waals surface area contributed by atoms with Crippen LogP contribution in [0.5, 0.6) is 0 Å². The molecule has 0 unspecified atom stereocenters. The largest absolute Gasteiger partial charge is 0.442 e. The van der Waals surface area contributed by atoms with E-state index in [1.807, 2.05) is 20.9 Å². The van der Waals surface area contributed by atoms with Crippen molar-refractivity contribution in [3.63, 3.8) is 0 Å². The maximum atomic E-state index is 12.6. The number of piperazine rings is 1. The zero-order chi connectivity index (χ0) is 15.9. The van der Waals surface area contributed by atoms with Gasteiger partial charge >= 0.3 is 0 Å². The van der Waals surface area contributed by atoms with Crippen LogP contribution in [0.25, 0.3) is 11.5 Å². The Morgan fingerprint density at radius 2 is 1.86 bits per heavy atom. The number of likely N-dealkylation sites (N-methyl/N-ethyl adjacent to an activating group) is 1. The maximum Gasteiger partial charge on any atom is 0.276 e. The van der Waals surface area contributed by atoms with Gasteiger partial charge in [0.15, 0.2) is 5.76 Å². The van der Waals surface area contributed by atoms with E-state index in [1.165, 1.54) is 10.4 Å². The highest BCUT2D eigenvalue weighted by Crippen LogP contribution is 2.28. The second kappa shape index (κ2) is 5.53. The van der Waals surface area contributed by atoms with E-state index < -0.39 is 10.0 Å². The van der Waals surface area contributed by atoms with Gasteiger partial charge in [-0.15, -0.1) is 0 Å². The number of H-pyrrole nitrogens is 1. The third kappa shape index (κ3) is 2.57. The van der Waals surface area contributed by atoms with Crippen LogP contribution in [0, 0.1) is 13.8 Å². The molecule has 7 nitrogen and oxygen atoms in total. The summed E-state index contributed by atoms with van der Waals surface area (Å²) in [5, 5.41) is 7.02. The van der Waals surface area contributed by atoms with Gasteiger partial charge in [-0.2, -0.15) is 9.40 Å². The lowest BCUT2D eigenvalue weighted by atomic mass is 10.2. The molecular weight excluding hydrogens is 304 g/mol. The Morgan fingerprint density at radius 1 is 1.18 bits per heavy atom. The lowest BCUT2D eigenvalue weighted by molar-refractivity contribution is 0.220. The SMILES string of the molecule is Cc1[nH]nc(-c2ccc(S(=O)(=O)N3CCN(C)CC3)o2)c1C. The van der Waals surface area contributed by atoms with E-state index in [0.29, 0.717) is 24.5 Å². The van der Waals surface area contributed by atoms with Gasteiger partial charge in [0, 0.05) is 37.4 Å². The molecule has 0 atom stereocenters. The zero-order valence-corrected chi connectivity index (χ0v) is 13.8. The summed E-state index contributed by atoms with van der Waals surface area (Å²) < 4.78 is 32.3. The number of hydrogen-bond donors (Lipinski definition) is 1. The summed E-state index contributed by atoms with van der Waals surface area (Å²) in [5.41, 5.74) is 2.55. The first-order chi connectivity index (χ1) is 10.4. The van der Waals surface area contributed by atoms with Crippen molar-refractivity contribution in [2.24, 2.45) is 0 Å². The fourth-order valence-electron chi connectivity index (χ4n) is 2.47. The first-order valence-corrected chi connectivity index (χ1v) is 8.64. The lowest BCUT2D eigenvalue weighted by Crippen LogP contribution is -2.46. The molecule has 1 fully saturated rings. The summed E-state index contributed by atoms with van der Waals surface area (Å²) in [6.45, 7) is 6.25. The van der Waals surface area contributed by atoms with Crippen molar-refractivity contribution in [3.05, 3.63) is 23.4 Å². The lowest BCUT2D eigenvalue weighted by Gasteiger charge is -2.30. The minimum atomic E-state index is -3.58. The Hall–Kier alpha value is -1.64. The summed E-state index contributed by atoms with van der Waals surface area (Å²) in [6, 6.07) is 3.16. The van der Waals surface area contributed by atoms with Crippen LogP contribution in [-0.2, 0) is 10.0 Å². The van der Waals surface area contributed by atoms with Crippen molar-refractivity contribution >= 4 is 10.0 Å². The van der Waals surface area contributed by atoms with Crippen LogP contribution in [0.4, 0.5) is 0 Å². The van der Waals surface area contributed by atoms with Crippen LogP contribution in [0.2, 0.25) is 0 Å². The first-order valence-electron chi connectivity index (χ1n) is 7.20. The average molecular weight is 324 g/mol. The molecule has 0 aliphatic carbocycles. The molecule has 1 aliphatic rings. The molecule has 0 spiro atoms. The van der Waals surface area contributed by atoms with E-state index in [4.69, 9.17) is 4.42 Å². The number of nitrogens with zero attached hydrogens (tertiary/aromatic N) is 3. The van der Waals surface area contributed by atoms with Crippen molar-refractivity contribution < 1.29 is 12.8 Å². The summed E-state index contributed by atoms with van der Waals surface area (Å²) >= 11 is 0. The van der Waals surface area contributed by atoms with Gasteiger partial charge in [-0.05, 0) is 33.0 Å². The van der Waals surface area contributed by atoms with Gasteiger partial charge in [-0.1, -0.05) is 0 Å². The predicted octanol–water partition coefficient (Wildman–Crippen LogP) is 1.22. The van der Waals surface area contributed by atoms with Gasteiger partial charge in [0.25, 0.3) is 10.0 Å². The molecule has 0 aromatic carbocycles. The highest BCUT2D eigenvalue weighted by atomic mass is 32.2. The second-order valence-electron chi connectivity index (χ2n) is 5.65. The number of aryl methyl sites for hydroxylation is 1. The molecule has 2 aromatic rings. The zero-order valence-electron chi connectivity index (χ0n) is 13.0. The molecule has 1 N–H and O–H groups in total. The molecule has 8 heteroatoms. The second-order valence-corrected chi connectivity index (χ2v) is 7.52. The highest BCUT2D eigenvalue weighted by Gasteiger charge is 2.30. The Kier molecular flexibility index (Phi) is 3.84. The third-order valence-corrected chi connectivity index (χ3v) is 5.90. The third-order valence-electron chi connectivity index (χ3n) is 4.12. The minimum Gasteiger partial charge on any atom is -0.442 e. The summed E-state index contributed by atoms with van der Waals surface area (Å²) in [4.78, 5) is 2.11. The standard InChI is InChI=1S/C14H20N4O3S/c1-10-11(2)15-16-14(10)12-4-5-13(21-12)22(19,20)18-8-6-17(3)7-9-18/h4-5H,6-9H2,1-3H3,(H,15,16). The Morgan fingerprint density at radius 3 is 2.45 bits per heavy atom. The van der Waals surface area contributed by atoms with E-state index in [1.54, 1.807) is 6.07 Å². The summed E-state index contributed by atoms with van der Waals surface area (Å²) in [5.74, 6) is 0.467. The fraction of sp³-hybridized carbons (Fsp3) is 0.500. The Labute approximate surface area is 130 Å². The molecule has 1 saturated heterocycles. The molecular formula is C14H20N4O3S. The van der Waals surface area contributed by atoms with Gasteiger partial charge in [-0.25, -0.2) is 8.42 Å². The van der Waals surface area contributed by atoms with E-state index in [-0.39, 0.29) is 5.09 Å². The molecule has 0 saturated carbocycles. The minimum absolute atomic E-state index is 0.0212. The van der Waals surface area contributed by atoms with Crippen molar-refractivity contribution in [2.45, 2.75) is 18.9 Å². The van der Waals surface area contributed by atoms with E-state index >= 15 is 0 Å². The molecule has 0 amide bonds. The first kappa shape index (κ1) is 15.3. The highest BCUT2D eigenvalue weighted by molar-refractivity contribution is 7.89. The molecule has 0 radical (unpaired) electrons. The number of nitrogens with one attached hydrogen (secondary N) is 1. The van der Waals surface area contributed by atoms with E-state index in [2.05, 4.69) is 15.1 Å². The van der Waals surface area contributed by atoms with Crippen LogP contribution in [-0.4, -0.2) is 61.0 Å². The average Bonchev–Trinajstić information content (AvgIpc) is 3.08. The molecule has 0 bridgehead atoms. The van der Waals surface area contributed by atoms with Crippen LogP contribution in [0.1, 0.15) is 11.3 Å². The van der Waals surface area contributed by atoms with Gasteiger partial charge in [0.1, 0.15) is 5.69 Å². The Balaban J connectivity index is 1.88. The topological polar surface area (TPSA) is 82.4 Å². The molecule has 3 heterocycles. The number of aromatic nitrogens is 2.